The first-order valence-electron chi connectivity index (χ1n) is 8.90. The Morgan fingerprint density at radius 1 is 1.04 bits per heavy atom. The SMILES string of the molecule is COc1ccc(C(=O)CN2CCC[C@H]2C(=O)NC(=O)c2ccccc2)cc1. The van der Waals surface area contributed by atoms with Crippen LogP contribution in [0.1, 0.15) is 33.6 Å². The van der Waals surface area contributed by atoms with E-state index < -0.39 is 11.9 Å². The van der Waals surface area contributed by atoms with Crippen molar-refractivity contribution in [1.82, 2.24) is 10.2 Å². The van der Waals surface area contributed by atoms with Gasteiger partial charge in [-0.05, 0) is 55.8 Å². The Balaban J connectivity index is 1.61. The Bertz CT molecular complexity index is 818. The summed E-state index contributed by atoms with van der Waals surface area (Å²) >= 11 is 0. The lowest BCUT2D eigenvalue weighted by molar-refractivity contribution is -0.124. The zero-order valence-electron chi connectivity index (χ0n) is 15.2. The maximum atomic E-state index is 12.5. The summed E-state index contributed by atoms with van der Waals surface area (Å²) in [6.07, 6.45) is 1.44. The highest BCUT2D eigenvalue weighted by atomic mass is 16.5. The lowest BCUT2D eigenvalue weighted by atomic mass is 10.1. The summed E-state index contributed by atoms with van der Waals surface area (Å²) in [7, 11) is 1.57. The Labute approximate surface area is 158 Å². The first-order valence-corrected chi connectivity index (χ1v) is 8.90. The lowest BCUT2D eigenvalue weighted by Gasteiger charge is -2.22. The van der Waals surface area contributed by atoms with Crippen LogP contribution in [0.25, 0.3) is 0 Å². The molecule has 1 aliphatic heterocycles. The van der Waals surface area contributed by atoms with E-state index in [1.54, 1.807) is 55.6 Å². The van der Waals surface area contributed by atoms with E-state index >= 15 is 0 Å². The number of amides is 2. The maximum absolute atomic E-state index is 12.5. The zero-order valence-corrected chi connectivity index (χ0v) is 15.2. The van der Waals surface area contributed by atoms with Crippen molar-refractivity contribution in [3.63, 3.8) is 0 Å². The van der Waals surface area contributed by atoms with Gasteiger partial charge in [-0.2, -0.15) is 0 Å². The number of carbonyl (C=O) groups excluding carboxylic acids is 3. The van der Waals surface area contributed by atoms with Crippen molar-refractivity contribution in [3.8, 4) is 5.75 Å². The molecule has 0 bridgehead atoms. The minimum absolute atomic E-state index is 0.0632. The van der Waals surface area contributed by atoms with E-state index in [0.717, 1.165) is 6.42 Å². The van der Waals surface area contributed by atoms with Crippen LogP contribution in [-0.4, -0.2) is 48.7 Å². The monoisotopic (exact) mass is 366 g/mol. The van der Waals surface area contributed by atoms with Gasteiger partial charge >= 0.3 is 0 Å². The van der Waals surface area contributed by atoms with Crippen LogP contribution < -0.4 is 10.1 Å². The fourth-order valence-electron chi connectivity index (χ4n) is 3.22. The van der Waals surface area contributed by atoms with Gasteiger partial charge in [0.2, 0.25) is 5.91 Å². The minimum Gasteiger partial charge on any atom is -0.497 e. The fraction of sp³-hybridized carbons (Fsp3) is 0.286. The summed E-state index contributed by atoms with van der Waals surface area (Å²) in [5.74, 6) is -0.158. The molecular formula is C21H22N2O4. The molecule has 0 saturated carbocycles. The first-order chi connectivity index (χ1) is 13.1. The average molecular weight is 366 g/mol. The van der Waals surface area contributed by atoms with E-state index in [4.69, 9.17) is 4.74 Å². The van der Waals surface area contributed by atoms with Crippen molar-refractivity contribution in [3.05, 3.63) is 65.7 Å². The van der Waals surface area contributed by atoms with E-state index in [1.165, 1.54) is 0 Å². The number of hydrogen-bond acceptors (Lipinski definition) is 5. The summed E-state index contributed by atoms with van der Waals surface area (Å²) in [4.78, 5) is 39.1. The van der Waals surface area contributed by atoms with Crippen molar-refractivity contribution < 1.29 is 19.1 Å². The smallest absolute Gasteiger partial charge is 0.257 e. The summed E-state index contributed by atoms with van der Waals surface area (Å²) in [5, 5.41) is 2.45. The molecule has 1 fully saturated rings. The number of imide groups is 1. The van der Waals surface area contributed by atoms with Crippen LogP contribution in [0.2, 0.25) is 0 Å². The largest absolute Gasteiger partial charge is 0.497 e. The molecule has 1 aliphatic rings. The number of Topliss-reactive ketones (excluding diaryl/α,β-unsaturated/α-hetero) is 1. The molecule has 6 nitrogen and oxygen atoms in total. The molecule has 27 heavy (non-hydrogen) atoms. The molecule has 1 saturated heterocycles. The molecule has 2 aromatic carbocycles. The van der Waals surface area contributed by atoms with E-state index in [0.29, 0.717) is 29.8 Å². The van der Waals surface area contributed by atoms with Gasteiger partial charge in [0.25, 0.3) is 5.91 Å². The molecule has 0 aromatic heterocycles. The number of methoxy groups -OCH3 is 1. The van der Waals surface area contributed by atoms with Crippen molar-refractivity contribution in [2.45, 2.75) is 18.9 Å². The lowest BCUT2D eigenvalue weighted by Crippen LogP contribution is -2.46. The quantitative estimate of drug-likeness (QED) is 0.627. The normalized spacial score (nSPS) is 16.7. The third-order valence-electron chi connectivity index (χ3n) is 4.70. The second-order valence-electron chi connectivity index (χ2n) is 6.46. The highest BCUT2D eigenvalue weighted by Crippen LogP contribution is 2.19. The second-order valence-corrected chi connectivity index (χ2v) is 6.46. The number of nitrogens with zero attached hydrogens (tertiary/aromatic N) is 1. The van der Waals surface area contributed by atoms with Crippen LogP contribution in [0.3, 0.4) is 0 Å². The Morgan fingerprint density at radius 3 is 2.41 bits per heavy atom. The van der Waals surface area contributed by atoms with Crippen LogP contribution >= 0.6 is 0 Å². The van der Waals surface area contributed by atoms with Crippen molar-refractivity contribution in [2.24, 2.45) is 0 Å². The van der Waals surface area contributed by atoms with Crippen LogP contribution in [0.15, 0.2) is 54.6 Å². The van der Waals surface area contributed by atoms with Crippen LogP contribution in [0.4, 0.5) is 0 Å². The number of hydrogen-bond donors (Lipinski definition) is 1. The van der Waals surface area contributed by atoms with Crippen LogP contribution in [-0.2, 0) is 4.79 Å². The highest BCUT2D eigenvalue weighted by molar-refractivity contribution is 6.06. The van der Waals surface area contributed by atoms with Gasteiger partial charge in [-0.3, -0.25) is 24.6 Å². The van der Waals surface area contributed by atoms with Gasteiger partial charge in [0.1, 0.15) is 5.75 Å². The predicted octanol–water partition coefficient (Wildman–Crippen LogP) is 2.30. The van der Waals surface area contributed by atoms with E-state index in [1.807, 2.05) is 11.0 Å². The molecule has 140 valence electrons. The number of rotatable bonds is 6. The van der Waals surface area contributed by atoms with Crippen molar-refractivity contribution >= 4 is 17.6 Å². The Morgan fingerprint density at radius 2 is 1.74 bits per heavy atom. The van der Waals surface area contributed by atoms with Gasteiger partial charge in [0.15, 0.2) is 5.78 Å². The van der Waals surface area contributed by atoms with Gasteiger partial charge in [-0.25, -0.2) is 0 Å². The molecule has 0 spiro atoms. The van der Waals surface area contributed by atoms with Crippen molar-refractivity contribution in [2.75, 3.05) is 20.2 Å². The van der Waals surface area contributed by atoms with Gasteiger partial charge < -0.3 is 4.74 Å². The standard InChI is InChI=1S/C21H22N2O4/c1-27-17-11-9-15(10-12-17)19(24)14-23-13-5-8-18(23)21(26)22-20(25)16-6-3-2-4-7-16/h2-4,6-7,9-12,18H,5,8,13-14H2,1H3,(H,22,25,26)/t18-/m0/s1. The predicted molar refractivity (Wildman–Crippen MR) is 101 cm³/mol. The molecule has 1 atom stereocenters. The number of benzene rings is 2. The second kappa shape index (κ2) is 8.60. The summed E-state index contributed by atoms with van der Waals surface area (Å²) in [6, 6.07) is 15.0. The first kappa shape index (κ1) is 18.8. The molecular weight excluding hydrogens is 344 g/mol. The molecule has 0 radical (unpaired) electrons. The number of carbonyl (C=O) groups is 3. The summed E-state index contributed by atoms with van der Waals surface area (Å²) in [6.45, 7) is 0.795. The van der Waals surface area contributed by atoms with Crippen molar-refractivity contribution in [1.29, 1.82) is 0 Å². The van der Waals surface area contributed by atoms with E-state index in [9.17, 15) is 14.4 Å². The molecule has 6 heteroatoms. The Hall–Kier alpha value is -2.99. The summed E-state index contributed by atoms with van der Waals surface area (Å²) < 4.78 is 5.10. The van der Waals surface area contributed by atoms with Gasteiger partial charge in [-0.15, -0.1) is 0 Å². The molecule has 0 aliphatic carbocycles. The molecule has 0 unspecified atom stereocenters. The fourth-order valence-corrected chi connectivity index (χ4v) is 3.22. The molecule has 3 rings (SSSR count). The third-order valence-corrected chi connectivity index (χ3v) is 4.70. The topological polar surface area (TPSA) is 75.7 Å². The zero-order chi connectivity index (χ0) is 19.2. The number of likely N-dealkylation sites (tertiary alicyclic amines) is 1. The molecule has 1 heterocycles. The maximum Gasteiger partial charge on any atom is 0.257 e. The van der Waals surface area contributed by atoms with Gasteiger partial charge in [0, 0.05) is 11.1 Å². The molecule has 2 aromatic rings. The van der Waals surface area contributed by atoms with E-state index in [2.05, 4.69) is 5.32 Å². The summed E-state index contributed by atoms with van der Waals surface area (Å²) in [5.41, 5.74) is 1.01. The van der Waals surface area contributed by atoms with Gasteiger partial charge in [0.05, 0.1) is 19.7 Å². The van der Waals surface area contributed by atoms with E-state index in [-0.39, 0.29) is 18.2 Å². The number of ketones is 1. The Kier molecular flexibility index (Phi) is 5.98. The van der Waals surface area contributed by atoms with Crippen LogP contribution in [0, 0.1) is 0 Å². The molecule has 2 amide bonds. The average Bonchev–Trinajstić information content (AvgIpc) is 3.17. The number of nitrogens with one attached hydrogen (secondary N) is 1. The minimum atomic E-state index is -0.472. The van der Waals surface area contributed by atoms with Gasteiger partial charge in [-0.1, -0.05) is 18.2 Å². The highest BCUT2D eigenvalue weighted by Gasteiger charge is 2.33. The number of ether oxygens (including phenoxy) is 1. The van der Waals surface area contributed by atoms with Crippen LogP contribution in [0.5, 0.6) is 5.75 Å². The molecule has 1 N–H and O–H groups in total. The third kappa shape index (κ3) is 4.60.